The summed E-state index contributed by atoms with van der Waals surface area (Å²) in [6.07, 6.45) is 1.66. The molecular formula is C17H13N3O3. The molecule has 0 aliphatic rings. The molecule has 1 heterocycles. The van der Waals surface area contributed by atoms with Crippen molar-refractivity contribution in [2.45, 2.75) is 6.92 Å². The Kier molecular flexibility index (Phi) is 3.72. The summed E-state index contributed by atoms with van der Waals surface area (Å²) in [6, 6.07) is 13.5. The summed E-state index contributed by atoms with van der Waals surface area (Å²) >= 11 is 0. The predicted octanol–water partition coefficient (Wildman–Crippen LogP) is 3.70. The predicted molar refractivity (Wildman–Crippen MR) is 87.5 cm³/mol. The number of hydrogen-bond acceptors (Lipinski definition) is 4. The zero-order valence-corrected chi connectivity index (χ0v) is 12.3. The Morgan fingerprint density at radius 1 is 1.17 bits per heavy atom. The molecule has 1 N–H and O–H groups in total. The Balaban J connectivity index is 1.95. The molecule has 6 heteroatoms. The fourth-order valence-electron chi connectivity index (χ4n) is 2.38. The van der Waals surface area contributed by atoms with Gasteiger partial charge in [0.15, 0.2) is 0 Å². The highest BCUT2D eigenvalue weighted by Crippen LogP contribution is 2.23. The molecule has 1 amide bonds. The van der Waals surface area contributed by atoms with Crippen molar-refractivity contribution >= 4 is 28.2 Å². The van der Waals surface area contributed by atoms with E-state index in [9.17, 15) is 14.9 Å². The molecule has 0 bridgehead atoms. The molecule has 0 spiro atoms. The second kappa shape index (κ2) is 5.84. The summed E-state index contributed by atoms with van der Waals surface area (Å²) in [7, 11) is 0. The largest absolute Gasteiger partial charge is 0.322 e. The molecule has 23 heavy (non-hydrogen) atoms. The van der Waals surface area contributed by atoms with Crippen LogP contribution in [0.3, 0.4) is 0 Å². The number of nitro groups is 1. The summed E-state index contributed by atoms with van der Waals surface area (Å²) < 4.78 is 0. The van der Waals surface area contributed by atoms with Crippen molar-refractivity contribution in [1.82, 2.24) is 4.98 Å². The first-order valence-electron chi connectivity index (χ1n) is 6.96. The number of hydrogen-bond donors (Lipinski definition) is 1. The Morgan fingerprint density at radius 2 is 2.00 bits per heavy atom. The molecule has 2 aromatic carbocycles. The molecule has 3 rings (SSSR count). The van der Waals surface area contributed by atoms with Crippen molar-refractivity contribution in [3.8, 4) is 0 Å². The van der Waals surface area contributed by atoms with Crippen LogP contribution in [0.15, 0.2) is 54.7 Å². The maximum Gasteiger partial charge on any atom is 0.274 e. The number of fused-ring (bicyclic) bond motifs is 1. The number of nitrogens with one attached hydrogen (secondary N) is 1. The number of rotatable bonds is 3. The minimum atomic E-state index is -0.465. The highest BCUT2D eigenvalue weighted by Gasteiger charge is 2.14. The van der Waals surface area contributed by atoms with Crippen LogP contribution in [-0.4, -0.2) is 15.8 Å². The van der Waals surface area contributed by atoms with E-state index < -0.39 is 4.92 Å². The third-order valence-corrected chi connectivity index (χ3v) is 3.55. The number of benzene rings is 2. The van der Waals surface area contributed by atoms with Gasteiger partial charge in [-0.1, -0.05) is 18.2 Å². The van der Waals surface area contributed by atoms with Crippen molar-refractivity contribution in [2.24, 2.45) is 0 Å². The molecule has 3 aromatic rings. The maximum absolute atomic E-state index is 12.5. The Bertz CT molecular complexity index is 917. The van der Waals surface area contributed by atoms with Gasteiger partial charge >= 0.3 is 0 Å². The third-order valence-electron chi connectivity index (χ3n) is 3.55. The highest BCUT2D eigenvalue weighted by molar-refractivity contribution is 6.12. The van der Waals surface area contributed by atoms with E-state index in [1.54, 1.807) is 43.5 Å². The standard InChI is InChI=1S/C17H13N3O3/c1-11-7-8-12(10-16(11)20(22)23)19-17(21)14-4-2-6-15-13(14)5-3-9-18-15/h2-10H,1H3,(H,19,21). The van der Waals surface area contributed by atoms with Crippen LogP contribution < -0.4 is 5.32 Å². The van der Waals surface area contributed by atoms with Gasteiger partial charge in [-0.2, -0.15) is 0 Å². The number of nitrogens with zero attached hydrogens (tertiary/aromatic N) is 2. The van der Waals surface area contributed by atoms with Gasteiger partial charge in [0, 0.05) is 34.5 Å². The Labute approximate surface area is 131 Å². The van der Waals surface area contributed by atoms with Crippen molar-refractivity contribution in [1.29, 1.82) is 0 Å². The minimum absolute atomic E-state index is 0.0256. The zero-order chi connectivity index (χ0) is 16.4. The summed E-state index contributed by atoms with van der Waals surface area (Å²) in [6.45, 7) is 1.65. The normalized spacial score (nSPS) is 10.5. The van der Waals surface area contributed by atoms with E-state index in [-0.39, 0.29) is 11.6 Å². The molecule has 0 saturated carbocycles. The van der Waals surface area contributed by atoms with Crippen LogP contribution in [0.2, 0.25) is 0 Å². The van der Waals surface area contributed by atoms with Crippen molar-refractivity contribution in [2.75, 3.05) is 5.32 Å². The smallest absolute Gasteiger partial charge is 0.274 e. The van der Waals surface area contributed by atoms with Crippen LogP contribution in [0.4, 0.5) is 11.4 Å². The van der Waals surface area contributed by atoms with Crippen molar-refractivity contribution < 1.29 is 9.72 Å². The average molecular weight is 307 g/mol. The number of anilines is 1. The van der Waals surface area contributed by atoms with Gasteiger partial charge in [-0.25, -0.2) is 0 Å². The van der Waals surface area contributed by atoms with E-state index >= 15 is 0 Å². The van der Waals surface area contributed by atoms with E-state index in [1.165, 1.54) is 6.07 Å². The highest BCUT2D eigenvalue weighted by atomic mass is 16.6. The first kappa shape index (κ1) is 14.6. The molecule has 0 fully saturated rings. The van der Waals surface area contributed by atoms with E-state index in [4.69, 9.17) is 0 Å². The van der Waals surface area contributed by atoms with E-state index in [1.807, 2.05) is 12.1 Å². The number of amides is 1. The zero-order valence-electron chi connectivity index (χ0n) is 12.3. The summed E-state index contributed by atoms with van der Waals surface area (Å²) in [4.78, 5) is 27.2. The summed E-state index contributed by atoms with van der Waals surface area (Å²) in [5, 5.41) is 14.4. The number of carbonyl (C=O) groups excluding carboxylic acids is 1. The number of aromatic nitrogens is 1. The van der Waals surface area contributed by atoms with Gasteiger partial charge in [0.25, 0.3) is 11.6 Å². The molecule has 0 unspecified atom stereocenters. The van der Waals surface area contributed by atoms with E-state index in [0.29, 0.717) is 16.8 Å². The van der Waals surface area contributed by atoms with Gasteiger partial charge in [-0.3, -0.25) is 19.9 Å². The second-order valence-electron chi connectivity index (χ2n) is 5.09. The van der Waals surface area contributed by atoms with E-state index in [0.717, 1.165) is 10.9 Å². The molecule has 0 aliphatic carbocycles. The number of pyridine rings is 1. The van der Waals surface area contributed by atoms with Crippen LogP contribution in [0.5, 0.6) is 0 Å². The lowest BCUT2D eigenvalue weighted by atomic mass is 10.1. The first-order chi connectivity index (χ1) is 11.1. The second-order valence-corrected chi connectivity index (χ2v) is 5.09. The van der Waals surface area contributed by atoms with Gasteiger partial charge in [0.2, 0.25) is 0 Å². The van der Waals surface area contributed by atoms with Crippen molar-refractivity contribution in [3.63, 3.8) is 0 Å². The lowest BCUT2D eigenvalue weighted by molar-refractivity contribution is -0.385. The van der Waals surface area contributed by atoms with Gasteiger partial charge in [-0.15, -0.1) is 0 Å². The van der Waals surface area contributed by atoms with Gasteiger partial charge in [0.05, 0.1) is 10.4 Å². The SMILES string of the molecule is Cc1ccc(NC(=O)c2cccc3ncccc23)cc1[N+](=O)[O-]. The minimum Gasteiger partial charge on any atom is -0.322 e. The maximum atomic E-state index is 12.5. The molecule has 0 saturated heterocycles. The van der Waals surface area contributed by atoms with Crippen LogP contribution in [0.25, 0.3) is 10.9 Å². The first-order valence-corrected chi connectivity index (χ1v) is 6.96. The fourth-order valence-corrected chi connectivity index (χ4v) is 2.38. The van der Waals surface area contributed by atoms with Gasteiger partial charge < -0.3 is 5.32 Å². The molecular weight excluding hydrogens is 294 g/mol. The average Bonchev–Trinajstić information content (AvgIpc) is 2.55. The fraction of sp³-hybridized carbons (Fsp3) is 0.0588. The monoisotopic (exact) mass is 307 g/mol. The number of nitro benzene ring substituents is 1. The molecule has 1 aromatic heterocycles. The Morgan fingerprint density at radius 3 is 2.78 bits per heavy atom. The summed E-state index contributed by atoms with van der Waals surface area (Å²) in [5.41, 5.74) is 2.09. The van der Waals surface area contributed by atoms with Crippen LogP contribution in [0, 0.1) is 17.0 Å². The van der Waals surface area contributed by atoms with Crippen LogP contribution in [0.1, 0.15) is 15.9 Å². The van der Waals surface area contributed by atoms with Crippen molar-refractivity contribution in [3.05, 3.63) is 76.0 Å². The third kappa shape index (κ3) is 2.87. The molecule has 0 aliphatic heterocycles. The van der Waals surface area contributed by atoms with Gasteiger partial charge in [-0.05, 0) is 31.2 Å². The molecule has 0 atom stereocenters. The van der Waals surface area contributed by atoms with Crippen LogP contribution >= 0.6 is 0 Å². The molecule has 6 nitrogen and oxygen atoms in total. The lowest BCUT2D eigenvalue weighted by Gasteiger charge is -2.08. The number of aryl methyl sites for hydroxylation is 1. The summed E-state index contributed by atoms with van der Waals surface area (Å²) in [5.74, 6) is -0.332. The Hall–Kier alpha value is -3.28. The van der Waals surface area contributed by atoms with Crippen LogP contribution in [-0.2, 0) is 0 Å². The number of carbonyl (C=O) groups is 1. The lowest BCUT2D eigenvalue weighted by Crippen LogP contribution is -2.12. The molecule has 114 valence electrons. The van der Waals surface area contributed by atoms with E-state index in [2.05, 4.69) is 10.3 Å². The quantitative estimate of drug-likeness (QED) is 0.590. The topological polar surface area (TPSA) is 85.1 Å². The van der Waals surface area contributed by atoms with Gasteiger partial charge in [0.1, 0.15) is 0 Å². The molecule has 0 radical (unpaired) electrons.